The van der Waals surface area contributed by atoms with Crippen molar-refractivity contribution in [3.8, 4) is 22.3 Å². The Balaban J connectivity index is 1.51. The fourth-order valence-corrected chi connectivity index (χ4v) is 3.88. The summed E-state index contributed by atoms with van der Waals surface area (Å²) in [6, 6.07) is 32.9. The van der Waals surface area contributed by atoms with Gasteiger partial charge in [-0.1, -0.05) is 72.4 Å². The van der Waals surface area contributed by atoms with Gasteiger partial charge in [0.05, 0.1) is 0 Å². The minimum atomic E-state index is 0.800. The highest BCUT2D eigenvalue weighted by molar-refractivity contribution is 7.99. The molecule has 0 spiro atoms. The van der Waals surface area contributed by atoms with Crippen molar-refractivity contribution < 1.29 is 0 Å². The number of nitrogens with two attached hydrogens (primary N) is 2. The largest absolute Gasteiger partial charge is 0.398 e. The Kier molecular flexibility index (Phi) is 4.86. The molecule has 0 aliphatic carbocycles. The Morgan fingerprint density at radius 1 is 0.444 bits per heavy atom. The third-order valence-corrected chi connectivity index (χ3v) is 5.50. The summed E-state index contributed by atoms with van der Waals surface area (Å²) in [7, 11) is 0. The summed E-state index contributed by atoms with van der Waals surface area (Å²) in [6.45, 7) is 0. The molecule has 132 valence electrons. The highest BCUT2D eigenvalue weighted by atomic mass is 32.2. The molecule has 4 rings (SSSR count). The van der Waals surface area contributed by atoms with Crippen LogP contribution in [-0.4, -0.2) is 0 Å². The highest BCUT2D eigenvalue weighted by Crippen LogP contribution is 2.33. The molecule has 3 heteroatoms. The first-order chi connectivity index (χ1) is 13.2. The molecular weight excluding hydrogens is 348 g/mol. The van der Waals surface area contributed by atoms with Crippen LogP contribution >= 0.6 is 11.8 Å². The molecule has 4 aromatic rings. The summed E-state index contributed by atoms with van der Waals surface area (Å²) < 4.78 is 0. The maximum atomic E-state index is 6.07. The standard InChI is InChI=1S/C24H20N2S/c25-23-7-3-1-5-21(23)17-9-13-19(14-10-17)27-20-15-11-18(12-16-20)22-6-2-4-8-24(22)26/h1-16H,25-26H2. The van der Waals surface area contributed by atoms with E-state index in [0.29, 0.717) is 0 Å². The first-order valence-corrected chi connectivity index (χ1v) is 9.60. The molecule has 0 fully saturated rings. The average Bonchev–Trinajstić information content (AvgIpc) is 2.70. The molecule has 0 aliphatic rings. The molecule has 0 saturated carbocycles. The van der Waals surface area contributed by atoms with Crippen LogP contribution in [0.4, 0.5) is 11.4 Å². The van der Waals surface area contributed by atoms with E-state index in [1.54, 1.807) is 11.8 Å². The van der Waals surface area contributed by atoms with Crippen molar-refractivity contribution in [2.75, 3.05) is 11.5 Å². The van der Waals surface area contributed by atoms with Crippen LogP contribution in [0.2, 0.25) is 0 Å². The number of benzene rings is 4. The zero-order valence-electron chi connectivity index (χ0n) is 14.8. The number of rotatable bonds is 4. The molecule has 4 N–H and O–H groups in total. The molecular formula is C24H20N2S. The van der Waals surface area contributed by atoms with Crippen molar-refractivity contribution >= 4 is 23.1 Å². The number of hydrogen-bond donors (Lipinski definition) is 2. The quantitative estimate of drug-likeness (QED) is 0.413. The maximum absolute atomic E-state index is 6.07. The summed E-state index contributed by atoms with van der Waals surface area (Å²) in [5.41, 5.74) is 18.1. The molecule has 0 aliphatic heterocycles. The molecule has 0 amide bonds. The van der Waals surface area contributed by atoms with Crippen molar-refractivity contribution in [2.45, 2.75) is 9.79 Å². The predicted octanol–water partition coefficient (Wildman–Crippen LogP) is 6.34. The number of nitrogen functional groups attached to an aromatic ring is 2. The Morgan fingerprint density at radius 2 is 0.815 bits per heavy atom. The summed E-state index contributed by atoms with van der Waals surface area (Å²) in [6.07, 6.45) is 0. The van der Waals surface area contributed by atoms with E-state index in [9.17, 15) is 0 Å². The smallest absolute Gasteiger partial charge is 0.0393 e. The van der Waals surface area contributed by atoms with Gasteiger partial charge in [-0.2, -0.15) is 0 Å². The Labute approximate surface area is 163 Å². The van der Waals surface area contributed by atoms with Crippen molar-refractivity contribution in [1.29, 1.82) is 0 Å². The minimum Gasteiger partial charge on any atom is -0.398 e. The van der Waals surface area contributed by atoms with Gasteiger partial charge in [0.2, 0.25) is 0 Å². The number of hydrogen-bond acceptors (Lipinski definition) is 3. The highest BCUT2D eigenvalue weighted by Gasteiger charge is 2.05. The molecule has 0 aromatic heterocycles. The lowest BCUT2D eigenvalue weighted by Crippen LogP contribution is -1.89. The molecule has 0 unspecified atom stereocenters. The van der Waals surface area contributed by atoms with Gasteiger partial charge in [0, 0.05) is 32.3 Å². The van der Waals surface area contributed by atoms with E-state index >= 15 is 0 Å². The molecule has 0 saturated heterocycles. The van der Waals surface area contributed by atoms with E-state index in [1.165, 1.54) is 9.79 Å². The lowest BCUT2D eigenvalue weighted by atomic mass is 10.0. The van der Waals surface area contributed by atoms with E-state index in [-0.39, 0.29) is 0 Å². The minimum absolute atomic E-state index is 0.800. The lowest BCUT2D eigenvalue weighted by Gasteiger charge is -2.08. The molecule has 0 heterocycles. The van der Waals surface area contributed by atoms with Gasteiger partial charge in [-0.3, -0.25) is 0 Å². The van der Waals surface area contributed by atoms with Crippen LogP contribution in [0.3, 0.4) is 0 Å². The van der Waals surface area contributed by atoms with Crippen molar-refractivity contribution in [2.24, 2.45) is 0 Å². The van der Waals surface area contributed by atoms with Gasteiger partial charge in [0.1, 0.15) is 0 Å². The van der Waals surface area contributed by atoms with E-state index in [4.69, 9.17) is 11.5 Å². The normalized spacial score (nSPS) is 10.7. The van der Waals surface area contributed by atoms with Gasteiger partial charge in [0.15, 0.2) is 0 Å². The predicted molar refractivity (Wildman–Crippen MR) is 117 cm³/mol. The third kappa shape index (κ3) is 3.83. The summed E-state index contributed by atoms with van der Waals surface area (Å²) >= 11 is 1.74. The van der Waals surface area contributed by atoms with Crippen LogP contribution in [0, 0.1) is 0 Å². The number of anilines is 2. The van der Waals surface area contributed by atoms with Crippen LogP contribution in [0.15, 0.2) is 107 Å². The molecule has 27 heavy (non-hydrogen) atoms. The molecule has 0 atom stereocenters. The van der Waals surface area contributed by atoms with Crippen molar-refractivity contribution in [3.05, 3.63) is 97.1 Å². The van der Waals surface area contributed by atoms with Crippen molar-refractivity contribution in [3.63, 3.8) is 0 Å². The molecule has 2 nitrogen and oxygen atoms in total. The first-order valence-electron chi connectivity index (χ1n) is 8.78. The van der Waals surface area contributed by atoms with Gasteiger partial charge in [0.25, 0.3) is 0 Å². The summed E-state index contributed by atoms with van der Waals surface area (Å²) in [4.78, 5) is 2.39. The Morgan fingerprint density at radius 3 is 1.19 bits per heavy atom. The maximum Gasteiger partial charge on any atom is 0.0393 e. The van der Waals surface area contributed by atoms with E-state index in [1.807, 2.05) is 48.5 Å². The van der Waals surface area contributed by atoms with Crippen molar-refractivity contribution in [1.82, 2.24) is 0 Å². The Hall–Kier alpha value is -3.17. The zero-order chi connectivity index (χ0) is 18.6. The fraction of sp³-hybridized carbons (Fsp3) is 0. The summed E-state index contributed by atoms with van der Waals surface area (Å²) in [5.74, 6) is 0. The van der Waals surface area contributed by atoms with Gasteiger partial charge in [-0.15, -0.1) is 0 Å². The van der Waals surface area contributed by atoms with Gasteiger partial charge < -0.3 is 11.5 Å². The topological polar surface area (TPSA) is 52.0 Å². The molecule has 0 bridgehead atoms. The van der Waals surface area contributed by atoms with Gasteiger partial charge >= 0.3 is 0 Å². The second kappa shape index (κ2) is 7.60. The lowest BCUT2D eigenvalue weighted by molar-refractivity contribution is 1.40. The molecule has 0 radical (unpaired) electrons. The summed E-state index contributed by atoms with van der Waals surface area (Å²) in [5, 5.41) is 0. The average molecular weight is 369 g/mol. The van der Waals surface area contributed by atoms with Crippen LogP contribution in [-0.2, 0) is 0 Å². The van der Waals surface area contributed by atoms with Gasteiger partial charge in [-0.25, -0.2) is 0 Å². The van der Waals surface area contributed by atoms with Crippen LogP contribution in [0.5, 0.6) is 0 Å². The van der Waals surface area contributed by atoms with Crippen LogP contribution in [0.25, 0.3) is 22.3 Å². The van der Waals surface area contributed by atoms with Crippen LogP contribution < -0.4 is 11.5 Å². The van der Waals surface area contributed by atoms with Crippen LogP contribution in [0.1, 0.15) is 0 Å². The monoisotopic (exact) mass is 368 g/mol. The van der Waals surface area contributed by atoms with E-state index < -0.39 is 0 Å². The SMILES string of the molecule is Nc1ccccc1-c1ccc(Sc2ccc(-c3ccccc3N)cc2)cc1. The van der Waals surface area contributed by atoms with E-state index in [0.717, 1.165) is 33.6 Å². The second-order valence-corrected chi connectivity index (χ2v) is 7.47. The number of para-hydroxylation sites is 2. The first kappa shape index (κ1) is 17.3. The molecule has 4 aromatic carbocycles. The Bertz CT molecular complexity index is 967. The third-order valence-electron chi connectivity index (χ3n) is 4.49. The fourth-order valence-electron chi connectivity index (χ4n) is 3.06. The van der Waals surface area contributed by atoms with Gasteiger partial charge in [-0.05, 0) is 47.5 Å². The second-order valence-electron chi connectivity index (χ2n) is 6.33. The zero-order valence-corrected chi connectivity index (χ0v) is 15.6. The van der Waals surface area contributed by atoms with E-state index in [2.05, 4.69) is 48.5 Å².